The number of aliphatic hydroxyl groups excluding tert-OH is 1. The van der Waals surface area contributed by atoms with Gasteiger partial charge >= 0.3 is 0 Å². The lowest BCUT2D eigenvalue weighted by molar-refractivity contribution is 0.174. The highest BCUT2D eigenvalue weighted by Gasteiger charge is 2.06. The third-order valence-electron chi connectivity index (χ3n) is 2.84. The summed E-state index contributed by atoms with van der Waals surface area (Å²) in [4.78, 5) is 0. The van der Waals surface area contributed by atoms with E-state index in [9.17, 15) is 5.11 Å². The minimum atomic E-state index is -0.510. The second kappa shape index (κ2) is 6.92. The molecule has 0 saturated heterocycles. The van der Waals surface area contributed by atoms with Crippen molar-refractivity contribution in [3.8, 4) is 0 Å². The van der Waals surface area contributed by atoms with E-state index in [0.29, 0.717) is 23.1 Å². The maximum absolute atomic E-state index is 9.99. The quantitative estimate of drug-likeness (QED) is 0.879. The number of hydrogen-bond acceptors (Lipinski definition) is 2. The zero-order chi connectivity index (χ0) is 13.7. The zero-order valence-corrected chi connectivity index (χ0v) is 11.8. The lowest BCUT2D eigenvalue weighted by atomic mass is 10.1. The summed E-state index contributed by atoms with van der Waals surface area (Å²) in [5, 5.41) is 14.3. The molecular weight excluding hydrogens is 281 g/mol. The SMILES string of the molecule is O[C@@H](CNCc1ccc(Cl)c(Cl)c1)c1ccccc1. The summed E-state index contributed by atoms with van der Waals surface area (Å²) < 4.78 is 0. The van der Waals surface area contributed by atoms with Crippen LogP contribution in [0, 0.1) is 0 Å². The molecule has 4 heteroatoms. The zero-order valence-electron chi connectivity index (χ0n) is 10.3. The van der Waals surface area contributed by atoms with Gasteiger partial charge in [-0.2, -0.15) is 0 Å². The van der Waals surface area contributed by atoms with E-state index in [1.807, 2.05) is 42.5 Å². The number of aliphatic hydroxyl groups is 1. The molecular formula is C15H15Cl2NO. The first-order chi connectivity index (χ1) is 9.16. The molecule has 0 saturated carbocycles. The first-order valence-electron chi connectivity index (χ1n) is 6.04. The van der Waals surface area contributed by atoms with E-state index >= 15 is 0 Å². The average Bonchev–Trinajstić information content (AvgIpc) is 2.43. The van der Waals surface area contributed by atoms with Gasteiger partial charge < -0.3 is 10.4 Å². The van der Waals surface area contributed by atoms with E-state index in [2.05, 4.69) is 5.32 Å². The van der Waals surface area contributed by atoms with E-state index in [1.54, 1.807) is 6.07 Å². The van der Waals surface area contributed by atoms with Crippen LogP contribution >= 0.6 is 23.2 Å². The number of halogens is 2. The molecule has 19 heavy (non-hydrogen) atoms. The van der Waals surface area contributed by atoms with Gasteiger partial charge in [-0.1, -0.05) is 59.6 Å². The van der Waals surface area contributed by atoms with Crippen LogP contribution in [-0.4, -0.2) is 11.7 Å². The molecule has 0 aliphatic carbocycles. The summed E-state index contributed by atoms with van der Waals surface area (Å²) in [7, 11) is 0. The topological polar surface area (TPSA) is 32.3 Å². The lowest BCUT2D eigenvalue weighted by Gasteiger charge is -2.12. The fourth-order valence-corrected chi connectivity index (χ4v) is 2.12. The molecule has 1 atom stereocenters. The van der Waals surface area contributed by atoms with Crippen LogP contribution in [0.3, 0.4) is 0 Å². The number of hydrogen-bond donors (Lipinski definition) is 2. The molecule has 0 aromatic heterocycles. The second-order valence-electron chi connectivity index (χ2n) is 4.31. The maximum atomic E-state index is 9.99. The van der Waals surface area contributed by atoms with E-state index in [1.165, 1.54) is 0 Å². The van der Waals surface area contributed by atoms with Crippen LogP contribution in [0.15, 0.2) is 48.5 Å². The third kappa shape index (κ3) is 4.22. The standard InChI is InChI=1S/C15H15Cl2NO/c16-13-7-6-11(8-14(13)17)9-18-10-15(19)12-4-2-1-3-5-12/h1-8,15,18-19H,9-10H2/t15-/m0/s1. The monoisotopic (exact) mass is 295 g/mol. The fourth-order valence-electron chi connectivity index (χ4n) is 1.80. The molecule has 0 heterocycles. The molecule has 0 spiro atoms. The molecule has 100 valence electrons. The largest absolute Gasteiger partial charge is 0.387 e. The molecule has 2 rings (SSSR count). The van der Waals surface area contributed by atoms with Gasteiger partial charge in [0.2, 0.25) is 0 Å². The Morgan fingerprint density at radius 1 is 1.00 bits per heavy atom. The lowest BCUT2D eigenvalue weighted by Crippen LogP contribution is -2.21. The van der Waals surface area contributed by atoms with Gasteiger partial charge in [0.25, 0.3) is 0 Å². The second-order valence-corrected chi connectivity index (χ2v) is 5.12. The van der Waals surface area contributed by atoms with E-state index < -0.39 is 6.10 Å². The van der Waals surface area contributed by atoms with Gasteiger partial charge in [0, 0.05) is 13.1 Å². The Morgan fingerprint density at radius 3 is 2.42 bits per heavy atom. The van der Waals surface area contributed by atoms with Crippen LogP contribution in [0.2, 0.25) is 10.0 Å². The average molecular weight is 296 g/mol. The highest BCUT2D eigenvalue weighted by molar-refractivity contribution is 6.42. The van der Waals surface area contributed by atoms with E-state index in [-0.39, 0.29) is 0 Å². The van der Waals surface area contributed by atoms with Crippen LogP contribution in [0.1, 0.15) is 17.2 Å². The summed E-state index contributed by atoms with van der Waals surface area (Å²) in [5.74, 6) is 0. The predicted octanol–water partition coefficient (Wildman–Crippen LogP) is 3.82. The number of benzene rings is 2. The summed E-state index contributed by atoms with van der Waals surface area (Å²) in [6.45, 7) is 1.13. The van der Waals surface area contributed by atoms with Gasteiger partial charge in [-0.15, -0.1) is 0 Å². The smallest absolute Gasteiger partial charge is 0.0914 e. The van der Waals surface area contributed by atoms with Crippen molar-refractivity contribution >= 4 is 23.2 Å². The third-order valence-corrected chi connectivity index (χ3v) is 3.57. The molecule has 0 aliphatic rings. The number of nitrogens with one attached hydrogen (secondary N) is 1. The maximum Gasteiger partial charge on any atom is 0.0914 e. The van der Waals surface area contributed by atoms with Crippen molar-refractivity contribution < 1.29 is 5.11 Å². The van der Waals surface area contributed by atoms with Crippen molar-refractivity contribution in [3.63, 3.8) is 0 Å². The summed E-state index contributed by atoms with van der Waals surface area (Å²) in [6.07, 6.45) is -0.510. The molecule has 2 aromatic rings. The van der Waals surface area contributed by atoms with Crippen molar-refractivity contribution in [2.24, 2.45) is 0 Å². The van der Waals surface area contributed by atoms with Crippen molar-refractivity contribution in [2.75, 3.05) is 6.54 Å². The van der Waals surface area contributed by atoms with Gasteiger partial charge in [-0.05, 0) is 23.3 Å². The van der Waals surface area contributed by atoms with Crippen LogP contribution < -0.4 is 5.32 Å². The van der Waals surface area contributed by atoms with Crippen molar-refractivity contribution in [3.05, 3.63) is 69.7 Å². The number of rotatable bonds is 5. The molecule has 2 aromatic carbocycles. The summed E-state index contributed by atoms with van der Waals surface area (Å²) in [5.41, 5.74) is 1.94. The van der Waals surface area contributed by atoms with E-state index in [0.717, 1.165) is 11.1 Å². The minimum absolute atomic E-state index is 0.490. The highest BCUT2D eigenvalue weighted by atomic mass is 35.5. The van der Waals surface area contributed by atoms with Crippen molar-refractivity contribution in [1.29, 1.82) is 0 Å². The van der Waals surface area contributed by atoms with Gasteiger partial charge in [-0.3, -0.25) is 0 Å². The van der Waals surface area contributed by atoms with E-state index in [4.69, 9.17) is 23.2 Å². The Bertz CT molecular complexity index is 531. The Labute approximate surface area is 123 Å². The molecule has 2 N–H and O–H groups in total. The molecule has 0 aliphatic heterocycles. The highest BCUT2D eigenvalue weighted by Crippen LogP contribution is 2.22. The normalized spacial score (nSPS) is 12.4. The molecule has 0 bridgehead atoms. The Kier molecular flexibility index (Phi) is 5.23. The van der Waals surface area contributed by atoms with Crippen LogP contribution in [-0.2, 0) is 6.54 Å². The van der Waals surface area contributed by atoms with Crippen molar-refractivity contribution in [1.82, 2.24) is 5.32 Å². The fraction of sp³-hybridized carbons (Fsp3) is 0.200. The van der Waals surface area contributed by atoms with Gasteiger partial charge in [0.15, 0.2) is 0 Å². The molecule has 0 unspecified atom stereocenters. The van der Waals surface area contributed by atoms with Gasteiger partial charge in [0.1, 0.15) is 0 Å². The minimum Gasteiger partial charge on any atom is -0.387 e. The van der Waals surface area contributed by atoms with Crippen LogP contribution in [0.5, 0.6) is 0 Å². The molecule has 0 amide bonds. The van der Waals surface area contributed by atoms with Crippen LogP contribution in [0.25, 0.3) is 0 Å². The predicted molar refractivity (Wildman–Crippen MR) is 79.6 cm³/mol. The van der Waals surface area contributed by atoms with Crippen molar-refractivity contribution in [2.45, 2.75) is 12.6 Å². The summed E-state index contributed by atoms with van der Waals surface area (Å²) in [6, 6.07) is 15.1. The Morgan fingerprint density at radius 2 is 1.74 bits per heavy atom. The molecule has 0 fully saturated rings. The Hall–Kier alpha value is -1.06. The first-order valence-corrected chi connectivity index (χ1v) is 6.80. The first kappa shape index (κ1) is 14.4. The van der Waals surface area contributed by atoms with Gasteiger partial charge in [-0.25, -0.2) is 0 Å². The van der Waals surface area contributed by atoms with Gasteiger partial charge in [0.05, 0.1) is 16.1 Å². The molecule has 2 nitrogen and oxygen atoms in total. The summed E-state index contributed by atoms with van der Waals surface area (Å²) >= 11 is 11.8. The Balaban J connectivity index is 1.85. The molecule has 0 radical (unpaired) electrons. The van der Waals surface area contributed by atoms with Crippen LogP contribution in [0.4, 0.5) is 0 Å².